The molecule has 5 heteroatoms. The Morgan fingerprint density at radius 1 is 1.42 bits per heavy atom. The maximum atomic E-state index is 13.5. The molecule has 1 aromatic heterocycles. The zero-order valence-corrected chi connectivity index (χ0v) is 10.6. The van der Waals surface area contributed by atoms with Crippen molar-refractivity contribution in [3.63, 3.8) is 0 Å². The Morgan fingerprint density at radius 3 is 2.89 bits per heavy atom. The number of aromatic hydroxyl groups is 1. The summed E-state index contributed by atoms with van der Waals surface area (Å²) in [5, 5.41) is 11.6. The van der Waals surface area contributed by atoms with Crippen LogP contribution in [0.3, 0.4) is 0 Å². The van der Waals surface area contributed by atoms with Gasteiger partial charge < -0.3 is 15.0 Å². The van der Waals surface area contributed by atoms with Crippen molar-refractivity contribution in [2.24, 2.45) is 0 Å². The molecule has 0 radical (unpaired) electrons. The molecular formula is C14H15FN2O2. The summed E-state index contributed by atoms with van der Waals surface area (Å²) in [5.74, 6) is -1.21. The van der Waals surface area contributed by atoms with Crippen molar-refractivity contribution in [3.8, 4) is 5.75 Å². The second-order valence-electron chi connectivity index (χ2n) is 4.21. The molecule has 0 fully saturated rings. The average Bonchev–Trinajstić information content (AvgIpc) is 2.81. The van der Waals surface area contributed by atoms with E-state index in [4.69, 9.17) is 5.11 Å². The molecule has 1 heterocycles. The summed E-state index contributed by atoms with van der Waals surface area (Å²) in [4.78, 5) is 12.0. The van der Waals surface area contributed by atoms with Crippen molar-refractivity contribution < 1.29 is 14.3 Å². The third kappa shape index (κ3) is 2.93. The first-order chi connectivity index (χ1) is 9.11. The Morgan fingerprint density at radius 2 is 2.21 bits per heavy atom. The van der Waals surface area contributed by atoms with E-state index in [-0.39, 0.29) is 17.3 Å². The van der Waals surface area contributed by atoms with E-state index in [2.05, 4.69) is 5.32 Å². The number of hydrogen-bond donors (Lipinski definition) is 2. The van der Waals surface area contributed by atoms with Gasteiger partial charge in [0.1, 0.15) is 17.3 Å². The molecule has 0 unspecified atom stereocenters. The Bertz CT molecular complexity index is 593. The molecule has 0 saturated carbocycles. The maximum absolute atomic E-state index is 13.5. The normalized spacial score (nSPS) is 10.4. The van der Waals surface area contributed by atoms with Gasteiger partial charge in [0, 0.05) is 18.8 Å². The van der Waals surface area contributed by atoms with Crippen molar-refractivity contribution >= 4 is 11.6 Å². The first kappa shape index (κ1) is 13.1. The zero-order valence-electron chi connectivity index (χ0n) is 10.6. The van der Waals surface area contributed by atoms with E-state index in [0.29, 0.717) is 5.69 Å². The molecule has 0 atom stereocenters. The van der Waals surface area contributed by atoms with Crippen molar-refractivity contribution in [3.05, 3.63) is 48.0 Å². The summed E-state index contributed by atoms with van der Waals surface area (Å²) in [5.41, 5.74) is 0.529. The van der Waals surface area contributed by atoms with Gasteiger partial charge in [-0.05, 0) is 30.7 Å². The lowest BCUT2D eigenvalue weighted by atomic mass is 10.2. The number of benzene rings is 1. The first-order valence-electron chi connectivity index (χ1n) is 6.07. The quantitative estimate of drug-likeness (QED) is 0.832. The lowest BCUT2D eigenvalue weighted by Crippen LogP contribution is -2.17. The fourth-order valence-electron chi connectivity index (χ4n) is 1.85. The summed E-state index contributed by atoms with van der Waals surface area (Å²) in [7, 11) is 0. The minimum atomic E-state index is -0.665. The van der Waals surface area contributed by atoms with Crippen molar-refractivity contribution in [2.75, 3.05) is 5.32 Å². The smallest absolute Gasteiger partial charge is 0.272 e. The van der Waals surface area contributed by atoms with Crippen LogP contribution in [0.25, 0.3) is 0 Å². The van der Waals surface area contributed by atoms with Gasteiger partial charge in [-0.2, -0.15) is 0 Å². The van der Waals surface area contributed by atoms with Gasteiger partial charge in [-0.25, -0.2) is 4.39 Å². The van der Waals surface area contributed by atoms with Crippen molar-refractivity contribution in [1.29, 1.82) is 0 Å². The van der Waals surface area contributed by atoms with Gasteiger partial charge in [-0.15, -0.1) is 0 Å². The monoisotopic (exact) mass is 262 g/mol. The van der Waals surface area contributed by atoms with E-state index in [1.54, 1.807) is 12.1 Å². The molecule has 0 aliphatic rings. The molecule has 0 bridgehead atoms. The maximum Gasteiger partial charge on any atom is 0.272 e. The summed E-state index contributed by atoms with van der Waals surface area (Å²) >= 11 is 0. The number of anilines is 1. The molecule has 1 amide bonds. The number of nitrogens with zero attached hydrogens (tertiary/aromatic N) is 1. The van der Waals surface area contributed by atoms with E-state index < -0.39 is 5.82 Å². The summed E-state index contributed by atoms with van der Waals surface area (Å²) in [6.45, 7) is 2.75. The minimum Gasteiger partial charge on any atom is -0.508 e. The van der Waals surface area contributed by atoms with Crippen LogP contribution in [0.4, 0.5) is 10.1 Å². The topological polar surface area (TPSA) is 54.3 Å². The number of aromatic nitrogens is 1. The number of halogens is 1. The Hall–Kier alpha value is -2.30. The van der Waals surface area contributed by atoms with E-state index in [0.717, 1.165) is 19.0 Å². The molecule has 0 aliphatic carbocycles. The SMILES string of the molecule is CCCn1cccc1C(=O)Nc1ccc(O)cc1F. The van der Waals surface area contributed by atoms with E-state index >= 15 is 0 Å². The van der Waals surface area contributed by atoms with Crippen LogP contribution in [-0.2, 0) is 6.54 Å². The minimum absolute atomic E-state index is 0.0482. The van der Waals surface area contributed by atoms with E-state index in [1.807, 2.05) is 17.7 Å². The van der Waals surface area contributed by atoms with Crippen LogP contribution in [0.5, 0.6) is 5.75 Å². The van der Waals surface area contributed by atoms with Crippen LogP contribution >= 0.6 is 0 Å². The Labute approximate surface area is 110 Å². The molecule has 0 spiro atoms. The molecule has 2 rings (SSSR count). The third-order valence-electron chi connectivity index (χ3n) is 2.73. The third-order valence-corrected chi connectivity index (χ3v) is 2.73. The molecular weight excluding hydrogens is 247 g/mol. The summed E-state index contributed by atoms with van der Waals surface area (Å²) < 4.78 is 15.3. The molecule has 19 heavy (non-hydrogen) atoms. The number of phenols is 1. The first-order valence-corrected chi connectivity index (χ1v) is 6.07. The van der Waals surface area contributed by atoms with Gasteiger partial charge in [-0.3, -0.25) is 4.79 Å². The molecule has 0 aliphatic heterocycles. The van der Waals surface area contributed by atoms with Gasteiger partial charge in [0.05, 0.1) is 5.69 Å². The highest BCUT2D eigenvalue weighted by molar-refractivity contribution is 6.03. The number of carbonyl (C=O) groups is 1. The predicted octanol–water partition coefficient (Wildman–Crippen LogP) is 3.00. The number of carbonyl (C=O) groups excluding carboxylic acids is 1. The lowest BCUT2D eigenvalue weighted by molar-refractivity contribution is 0.101. The summed E-state index contributed by atoms with van der Waals surface area (Å²) in [6, 6.07) is 7.07. The standard InChI is InChI=1S/C14H15FN2O2/c1-2-7-17-8-3-4-13(17)14(19)16-12-6-5-10(18)9-11(12)15/h3-6,8-9,18H,2,7H2,1H3,(H,16,19). The number of amides is 1. The van der Waals surface area contributed by atoms with E-state index in [9.17, 15) is 9.18 Å². The highest BCUT2D eigenvalue weighted by atomic mass is 19.1. The van der Waals surface area contributed by atoms with Crippen LogP contribution in [0.15, 0.2) is 36.5 Å². The second kappa shape index (κ2) is 5.56. The fourth-order valence-corrected chi connectivity index (χ4v) is 1.85. The van der Waals surface area contributed by atoms with Gasteiger partial charge in [0.25, 0.3) is 5.91 Å². The van der Waals surface area contributed by atoms with Crippen molar-refractivity contribution in [2.45, 2.75) is 19.9 Å². The van der Waals surface area contributed by atoms with Crippen LogP contribution in [0.1, 0.15) is 23.8 Å². The average molecular weight is 262 g/mol. The number of phenolic OH excluding ortho intramolecular Hbond substituents is 1. The van der Waals surface area contributed by atoms with Crippen LogP contribution in [-0.4, -0.2) is 15.6 Å². The molecule has 2 aromatic rings. The van der Waals surface area contributed by atoms with Crippen LogP contribution in [0.2, 0.25) is 0 Å². The molecule has 4 nitrogen and oxygen atoms in total. The Balaban J connectivity index is 2.18. The van der Waals surface area contributed by atoms with Crippen LogP contribution in [0, 0.1) is 5.82 Å². The lowest BCUT2D eigenvalue weighted by Gasteiger charge is -2.09. The van der Waals surface area contributed by atoms with Gasteiger partial charge in [-0.1, -0.05) is 6.92 Å². The molecule has 1 aromatic carbocycles. The summed E-state index contributed by atoms with van der Waals surface area (Å²) in [6.07, 6.45) is 2.72. The Kier molecular flexibility index (Phi) is 3.85. The van der Waals surface area contributed by atoms with Crippen molar-refractivity contribution in [1.82, 2.24) is 4.57 Å². The van der Waals surface area contributed by atoms with E-state index in [1.165, 1.54) is 12.1 Å². The van der Waals surface area contributed by atoms with Gasteiger partial charge in [0.2, 0.25) is 0 Å². The highest BCUT2D eigenvalue weighted by Crippen LogP contribution is 2.20. The zero-order chi connectivity index (χ0) is 13.8. The number of hydrogen-bond acceptors (Lipinski definition) is 2. The number of aryl methyl sites for hydroxylation is 1. The van der Waals surface area contributed by atoms with Gasteiger partial charge in [0.15, 0.2) is 0 Å². The number of rotatable bonds is 4. The molecule has 2 N–H and O–H groups in total. The largest absolute Gasteiger partial charge is 0.508 e. The fraction of sp³-hybridized carbons (Fsp3) is 0.214. The van der Waals surface area contributed by atoms with Crippen LogP contribution < -0.4 is 5.32 Å². The number of nitrogens with one attached hydrogen (secondary N) is 1. The van der Waals surface area contributed by atoms with Gasteiger partial charge >= 0.3 is 0 Å². The molecule has 100 valence electrons. The highest BCUT2D eigenvalue weighted by Gasteiger charge is 2.13. The molecule has 0 saturated heterocycles. The second-order valence-corrected chi connectivity index (χ2v) is 4.21. The predicted molar refractivity (Wildman–Crippen MR) is 70.7 cm³/mol.